The van der Waals surface area contributed by atoms with Gasteiger partial charge in [-0.05, 0) is 42.5 Å². The van der Waals surface area contributed by atoms with Crippen molar-refractivity contribution in [1.29, 1.82) is 0 Å². The lowest BCUT2D eigenvalue weighted by atomic mass is 10.0. The van der Waals surface area contributed by atoms with Crippen molar-refractivity contribution < 1.29 is 14.0 Å². The molecule has 174 valence electrons. The van der Waals surface area contributed by atoms with Gasteiger partial charge in [0, 0.05) is 37.1 Å². The third-order valence-electron chi connectivity index (χ3n) is 6.00. The molecule has 1 aliphatic carbocycles. The van der Waals surface area contributed by atoms with Crippen molar-refractivity contribution in [3.8, 4) is 0 Å². The van der Waals surface area contributed by atoms with Gasteiger partial charge < -0.3 is 10.2 Å². The standard InChI is InChI=1S/C24H27ClFN5O2/c25-20-11-17(12-22(32)29-19-3-1-2-4-19)15-28-23(20)18-7-9-31(10-8-18)24(33)30-21-6-5-16(13-26)14-27-21/h5-7,11,14-15,19H,1-4,8-10,12-13H2,(H,29,32)(H,27,30,33). The van der Waals surface area contributed by atoms with Crippen LogP contribution in [-0.2, 0) is 17.9 Å². The molecule has 2 aromatic rings. The molecular weight excluding hydrogens is 445 g/mol. The van der Waals surface area contributed by atoms with Crippen LogP contribution in [0.3, 0.4) is 0 Å². The summed E-state index contributed by atoms with van der Waals surface area (Å²) in [6.07, 6.45) is 10.3. The fourth-order valence-electron chi connectivity index (χ4n) is 4.18. The van der Waals surface area contributed by atoms with Crippen LogP contribution in [0.2, 0.25) is 5.02 Å². The molecule has 7 nitrogen and oxygen atoms in total. The number of pyridine rings is 2. The molecule has 0 atom stereocenters. The van der Waals surface area contributed by atoms with Gasteiger partial charge in [0.1, 0.15) is 12.5 Å². The molecule has 0 aromatic carbocycles. The topological polar surface area (TPSA) is 87.2 Å². The van der Waals surface area contributed by atoms with Gasteiger partial charge in [-0.25, -0.2) is 14.2 Å². The second-order valence-electron chi connectivity index (χ2n) is 8.44. The highest BCUT2D eigenvalue weighted by Gasteiger charge is 2.21. The van der Waals surface area contributed by atoms with E-state index in [4.69, 9.17) is 11.6 Å². The van der Waals surface area contributed by atoms with Crippen molar-refractivity contribution in [2.75, 3.05) is 18.4 Å². The third kappa shape index (κ3) is 6.07. The highest BCUT2D eigenvalue weighted by molar-refractivity contribution is 6.32. The number of anilines is 1. The monoisotopic (exact) mass is 471 g/mol. The van der Waals surface area contributed by atoms with Gasteiger partial charge in [0.05, 0.1) is 17.1 Å². The van der Waals surface area contributed by atoms with Gasteiger partial charge in [0.25, 0.3) is 0 Å². The fraction of sp³-hybridized carbons (Fsp3) is 0.417. The predicted octanol–water partition coefficient (Wildman–Crippen LogP) is 4.52. The molecule has 0 saturated heterocycles. The van der Waals surface area contributed by atoms with Crippen LogP contribution in [0.5, 0.6) is 0 Å². The van der Waals surface area contributed by atoms with E-state index in [0.29, 0.717) is 41.6 Å². The predicted molar refractivity (Wildman–Crippen MR) is 126 cm³/mol. The second kappa shape index (κ2) is 10.7. The van der Waals surface area contributed by atoms with E-state index >= 15 is 0 Å². The lowest BCUT2D eigenvalue weighted by Crippen LogP contribution is -2.38. The molecule has 2 aromatic heterocycles. The number of urea groups is 1. The maximum atomic E-state index is 12.6. The summed E-state index contributed by atoms with van der Waals surface area (Å²) in [6, 6.07) is 4.99. The summed E-state index contributed by atoms with van der Waals surface area (Å²) in [5.74, 6) is 0.379. The van der Waals surface area contributed by atoms with E-state index in [9.17, 15) is 14.0 Å². The van der Waals surface area contributed by atoms with E-state index in [2.05, 4.69) is 20.6 Å². The largest absolute Gasteiger partial charge is 0.353 e. The molecular formula is C24H27ClFN5O2. The fourth-order valence-corrected chi connectivity index (χ4v) is 4.49. The molecule has 9 heteroatoms. The Morgan fingerprint density at radius 1 is 1.15 bits per heavy atom. The molecule has 4 rings (SSSR count). The minimum absolute atomic E-state index is 0.000114. The Labute approximate surface area is 197 Å². The van der Waals surface area contributed by atoms with E-state index in [1.807, 2.05) is 6.08 Å². The molecule has 1 saturated carbocycles. The second-order valence-corrected chi connectivity index (χ2v) is 8.85. The van der Waals surface area contributed by atoms with E-state index < -0.39 is 6.67 Å². The quantitative estimate of drug-likeness (QED) is 0.648. The zero-order valence-corrected chi connectivity index (χ0v) is 19.1. The molecule has 1 aliphatic heterocycles. The van der Waals surface area contributed by atoms with E-state index in [1.54, 1.807) is 29.3 Å². The maximum absolute atomic E-state index is 12.6. The maximum Gasteiger partial charge on any atom is 0.323 e. The summed E-state index contributed by atoms with van der Waals surface area (Å²) in [5.41, 5.74) is 2.89. The minimum Gasteiger partial charge on any atom is -0.353 e. The normalized spacial score (nSPS) is 16.4. The number of amides is 3. The number of hydrogen-bond donors (Lipinski definition) is 2. The summed E-state index contributed by atoms with van der Waals surface area (Å²) < 4.78 is 12.6. The van der Waals surface area contributed by atoms with Crippen LogP contribution in [0, 0.1) is 0 Å². The summed E-state index contributed by atoms with van der Waals surface area (Å²) in [4.78, 5) is 35.0. The Balaban J connectivity index is 1.32. The molecule has 2 aliphatic rings. The molecule has 2 N–H and O–H groups in total. The minimum atomic E-state index is -0.591. The average molecular weight is 472 g/mol. The molecule has 3 heterocycles. The van der Waals surface area contributed by atoms with Gasteiger partial charge in [0.2, 0.25) is 5.91 Å². The number of rotatable bonds is 6. The summed E-state index contributed by atoms with van der Waals surface area (Å²) >= 11 is 6.48. The lowest BCUT2D eigenvalue weighted by molar-refractivity contribution is -0.121. The van der Waals surface area contributed by atoms with Crippen LogP contribution in [0.4, 0.5) is 15.0 Å². The first-order chi connectivity index (χ1) is 16.0. The Kier molecular flexibility index (Phi) is 7.54. The highest BCUT2D eigenvalue weighted by atomic mass is 35.5. The molecule has 1 fully saturated rings. The van der Waals surface area contributed by atoms with Crippen LogP contribution in [0.1, 0.15) is 48.9 Å². The zero-order chi connectivity index (χ0) is 23.2. The van der Waals surface area contributed by atoms with Crippen molar-refractivity contribution in [2.24, 2.45) is 0 Å². The highest BCUT2D eigenvalue weighted by Crippen LogP contribution is 2.28. The average Bonchev–Trinajstić information content (AvgIpc) is 3.32. The molecule has 0 spiro atoms. The summed E-state index contributed by atoms with van der Waals surface area (Å²) in [6.45, 7) is 0.323. The molecule has 0 bridgehead atoms. The Morgan fingerprint density at radius 2 is 1.94 bits per heavy atom. The first-order valence-corrected chi connectivity index (χ1v) is 11.6. The van der Waals surface area contributed by atoms with Crippen molar-refractivity contribution in [3.05, 3.63) is 58.5 Å². The van der Waals surface area contributed by atoms with E-state index in [1.165, 1.54) is 19.0 Å². The van der Waals surface area contributed by atoms with Crippen LogP contribution >= 0.6 is 11.6 Å². The number of hydrogen-bond acceptors (Lipinski definition) is 4. The number of nitrogens with one attached hydrogen (secondary N) is 2. The van der Waals surface area contributed by atoms with Crippen LogP contribution in [0.15, 0.2) is 36.7 Å². The van der Waals surface area contributed by atoms with Crippen molar-refractivity contribution in [1.82, 2.24) is 20.2 Å². The van der Waals surface area contributed by atoms with Gasteiger partial charge in [-0.1, -0.05) is 36.6 Å². The number of aromatic nitrogens is 2. The van der Waals surface area contributed by atoms with Crippen LogP contribution in [0.25, 0.3) is 5.57 Å². The molecule has 0 unspecified atom stereocenters. The number of halogens is 2. The Bertz CT molecular complexity index is 1040. The number of nitrogens with zero attached hydrogens (tertiary/aromatic N) is 3. The molecule has 0 radical (unpaired) electrons. The number of carbonyl (C=O) groups excluding carboxylic acids is 2. The summed E-state index contributed by atoms with van der Waals surface area (Å²) in [5, 5.41) is 6.30. The summed E-state index contributed by atoms with van der Waals surface area (Å²) in [7, 11) is 0. The number of carbonyl (C=O) groups is 2. The van der Waals surface area contributed by atoms with Crippen LogP contribution < -0.4 is 10.6 Å². The van der Waals surface area contributed by atoms with Crippen molar-refractivity contribution in [2.45, 2.75) is 51.2 Å². The van der Waals surface area contributed by atoms with Crippen molar-refractivity contribution >= 4 is 34.9 Å². The number of alkyl halides is 1. The molecule has 33 heavy (non-hydrogen) atoms. The first kappa shape index (κ1) is 23.2. The van der Waals surface area contributed by atoms with Gasteiger partial charge >= 0.3 is 6.03 Å². The van der Waals surface area contributed by atoms with Gasteiger partial charge in [-0.3, -0.25) is 15.1 Å². The van der Waals surface area contributed by atoms with Crippen LogP contribution in [-0.4, -0.2) is 45.9 Å². The van der Waals surface area contributed by atoms with E-state index in [0.717, 1.165) is 24.0 Å². The van der Waals surface area contributed by atoms with Gasteiger partial charge in [0.15, 0.2) is 0 Å². The van der Waals surface area contributed by atoms with Crippen molar-refractivity contribution in [3.63, 3.8) is 0 Å². The third-order valence-corrected chi connectivity index (χ3v) is 6.29. The SMILES string of the molecule is O=C(Cc1cnc(C2=CCN(C(=O)Nc3ccc(CF)cn3)CC2)c(Cl)c1)NC1CCCC1. The smallest absolute Gasteiger partial charge is 0.323 e. The van der Waals surface area contributed by atoms with Gasteiger partial charge in [-0.2, -0.15) is 0 Å². The Hall–Kier alpha value is -3.00. The molecule has 3 amide bonds. The van der Waals surface area contributed by atoms with E-state index in [-0.39, 0.29) is 24.4 Å². The lowest BCUT2D eigenvalue weighted by Gasteiger charge is -2.26. The van der Waals surface area contributed by atoms with Gasteiger partial charge in [-0.15, -0.1) is 0 Å². The zero-order valence-electron chi connectivity index (χ0n) is 18.3. The first-order valence-electron chi connectivity index (χ1n) is 11.2. The Morgan fingerprint density at radius 3 is 2.58 bits per heavy atom.